The summed E-state index contributed by atoms with van der Waals surface area (Å²) in [5, 5.41) is 0.997. The highest BCUT2D eigenvalue weighted by atomic mass is 32.2. The van der Waals surface area contributed by atoms with Crippen LogP contribution in [0.1, 0.15) is 28.8 Å². The van der Waals surface area contributed by atoms with E-state index in [9.17, 15) is 9.59 Å². The van der Waals surface area contributed by atoms with Crippen LogP contribution in [-0.4, -0.2) is 58.2 Å². The topological polar surface area (TPSA) is 82.2 Å². The SMILES string of the molecule is CCc1ccc2nc(N3CCN(C(=O)c4cc(=O)[nH]c(CSC)n4)CC3)sc2c1. The highest BCUT2D eigenvalue weighted by Crippen LogP contribution is 2.30. The molecule has 1 aromatic carbocycles. The zero-order valence-corrected chi connectivity index (χ0v) is 18.1. The van der Waals surface area contributed by atoms with Gasteiger partial charge in [0.25, 0.3) is 11.5 Å². The number of aromatic amines is 1. The van der Waals surface area contributed by atoms with Crippen LogP contribution in [0.25, 0.3) is 10.2 Å². The minimum Gasteiger partial charge on any atom is -0.345 e. The van der Waals surface area contributed by atoms with E-state index in [4.69, 9.17) is 4.98 Å². The van der Waals surface area contributed by atoms with Crippen LogP contribution >= 0.6 is 23.1 Å². The van der Waals surface area contributed by atoms with E-state index in [-0.39, 0.29) is 17.2 Å². The predicted molar refractivity (Wildman–Crippen MR) is 119 cm³/mol. The summed E-state index contributed by atoms with van der Waals surface area (Å²) in [6.07, 6.45) is 2.94. The van der Waals surface area contributed by atoms with Crippen LogP contribution in [0.5, 0.6) is 0 Å². The van der Waals surface area contributed by atoms with Gasteiger partial charge in [-0.05, 0) is 30.4 Å². The lowest BCUT2D eigenvalue weighted by Gasteiger charge is -2.34. The van der Waals surface area contributed by atoms with Crippen molar-refractivity contribution >= 4 is 44.4 Å². The average Bonchev–Trinajstić information content (AvgIpc) is 3.16. The van der Waals surface area contributed by atoms with Gasteiger partial charge in [-0.2, -0.15) is 11.8 Å². The Hall–Kier alpha value is -2.39. The average molecular weight is 430 g/mol. The number of H-pyrrole nitrogens is 1. The molecule has 4 rings (SSSR count). The number of carbonyl (C=O) groups excluding carboxylic acids is 1. The van der Waals surface area contributed by atoms with Gasteiger partial charge >= 0.3 is 0 Å². The van der Waals surface area contributed by atoms with Crippen LogP contribution in [0, 0.1) is 0 Å². The number of aryl methyl sites for hydroxylation is 1. The number of anilines is 1. The van der Waals surface area contributed by atoms with Crippen LogP contribution in [0.2, 0.25) is 0 Å². The number of thiazole rings is 1. The van der Waals surface area contributed by atoms with Gasteiger partial charge in [-0.1, -0.05) is 24.3 Å². The Morgan fingerprint density at radius 3 is 2.72 bits per heavy atom. The Morgan fingerprint density at radius 2 is 2.00 bits per heavy atom. The Morgan fingerprint density at radius 1 is 1.21 bits per heavy atom. The van der Waals surface area contributed by atoms with Crippen molar-refractivity contribution in [1.29, 1.82) is 0 Å². The molecular formula is C20H23N5O2S2. The molecule has 0 bridgehead atoms. The number of piperazine rings is 1. The first kappa shape index (κ1) is 19.9. The number of fused-ring (bicyclic) bond motifs is 1. The van der Waals surface area contributed by atoms with E-state index in [0.717, 1.165) is 17.1 Å². The van der Waals surface area contributed by atoms with Crippen molar-refractivity contribution in [2.45, 2.75) is 19.1 Å². The van der Waals surface area contributed by atoms with E-state index < -0.39 is 0 Å². The molecule has 0 unspecified atom stereocenters. The number of thioether (sulfide) groups is 1. The van der Waals surface area contributed by atoms with Gasteiger partial charge < -0.3 is 14.8 Å². The van der Waals surface area contributed by atoms with Crippen molar-refractivity contribution < 1.29 is 4.79 Å². The van der Waals surface area contributed by atoms with Crippen molar-refractivity contribution in [3.8, 4) is 0 Å². The fraction of sp³-hybridized carbons (Fsp3) is 0.400. The Bertz CT molecular complexity index is 1090. The Labute approximate surface area is 177 Å². The summed E-state index contributed by atoms with van der Waals surface area (Å²) in [5.74, 6) is 0.921. The second-order valence-corrected chi connectivity index (χ2v) is 8.82. The second-order valence-electron chi connectivity index (χ2n) is 6.94. The second kappa shape index (κ2) is 8.54. The molecule has 1 fully saturated rings. The fourth-order valence-electron chi connectivity index (χ4n) is 3.40. The van der Waals surface area contributed by atoms with E-state index in [1.807, 2.05) is 6.26 Å². The summed E-state index contributed by atoms with van der Waals surface area (Å²) in [6.45, 7) is 4.75. The number of nitrogens with one attached hydrogen (secondary N) is 1. The monoisotopic (exact) mass is 429 g/mol. The number of amides is 1. The van der Waals surface area contributed by atoms with Crippen LogP contribution in [0.4, 0.5) is 5.13 Å². The highest BCUT2D eigenvalue weighted by Gasteiger charge is 2.25. The molecule has 3 heterocycles. The molecule has 0 radical (unpaired) electrons. The molecule has 29 heavy (non-hydrogen) atoms. The van der Waals surface area contributed by atoms with Crippen molar-refractivity contribution in [3.05, 3.63) is 51.7 Å². The maximum absolute atomic E-state index is 12.8. The Kier molecular flexibility index (Phi) is 5.86. The lowest BCUT2D eigenvalue weighted by Crippen LogP contribution is -2.49. The van der Waals surface area contributed by atoms with Gasteiger partial charge in [0.1, 0.15) is 11.5 Å². The molecule has 0 atom stereocenters. The number of aromatic nitrogens is 3. The summed E-state index contributed by atoms with van der Waals surface area (Å²) < 4.78 is 1.20. The first-order chi connectivity index (χ1) is 14.1. The van der Waals surface area contributed by atoms with Gasteiger partial charge in [-0.25, -0.2) is 9.97 Å². The molecule has 2 aromatic heterocycles. The summed E-state index contributed by atoms with van der Waals surface area (Å²) in [5.41, 5.74) is 2.27. The molecule has 152 valence electrons. The first-order valence-electron chi connectivity index (χ1n) is 9.60. The number of hydrogen-bond donors (Lipinski definition) is 1. The highest BCUT2D eigenvalue weighted by molar-refractivity contribution is 7.97. The zero-order chi connectivity index (χ0) is 20.4. The van der Waals surface area contributed by atoms with Crippen LogP contribution in [0.15, 0.2) is 29.1 Å². The lowest BCUT2D eigenvalue weighted by molar-refractivity contribution is 0.0740. The van der Waals surface area contributed by atoms with Crippen LogP contribution in [0.3, 0.4) is 0 Å². The molecule has 1 amide bonds. The molecule has 1 aliphatic rings. The predicted octanol–water partition coefficient (Wildman–Crippen LogP) is 2.77. The maximum Gasteiger partial charge on any atom is 0.272 e. The summed E-state index contributed by atoms with van der Waals surface area (Å²) in [7, 11) is 0. The number of benzene rings is 1. The number of rotatable bonds is 5. The third kappa shape index (κ3) is 4.30. The quantitative estimate of drug-likeness (QED) is 0.672. The summed E-state index contributed by atoms with van der Waals surface area (Å²) in [6, 6.07) is 7.71. The molecule has 0 aliphatic carbocycles. The van der Waals surface area contributed by atoms with Gasteiger partial charge in [0.05, 0.1) is 16.0 Å². The largest absolute Gasteiger partial charge is 0.345 e. The molecule has 0 spiro atoms. The normalized spacial score (nSPS) is 14.6. The summed E-state index contributed by atoms with van der Waals surface area (Å²) >= 11 is 3.25. The number of hydrogen-bond acceptors (Lipinski definition) is 7. The fourth-order valence-corrected chi connectivity index (χ4v) is 4.89. The molecule has 9 heteroatoms. The van der Waals surface area contributed by atoms with Crippen molar-refractivity contribution in [2.24, 2.45) is 0 Å². The third-order valence-corrected chi connectivity index (χ3v) is 6.62. The van der Waals surface area contributed by atoms with E-state index in [2.05, 4.69) is 40.0 Å². The van der Waals surface area contributed by atoms with E-state index in [1.54, 1.807) is 28.0 Å². The number of carbonyl (C=O) groups is 1. The molecular weight excluding hydrogens is 406 g/mol. The van der Waals surface area contributed by atoms with Gasteiger partial charge in [0, 0.05) is 32.2 Å². The van der Waals surface area contributed by atoms with Gasteiger partial charge in [0.15, 0.2) is 5.13 Å². The minimum absolute atomic E-state index is 0.185. The van der Waals surface area contributed by atoms with E-state index in [0.29, 0.717) is 37.8 Å². The van der Waals surface area contributed by atoms with Crippen LogP contribution in [-0.2, 0) is 12.2 Å². The van der Waals surface area contributed by atoms with E-state index in [1.165, 1.54) is 16.3 Å². The first-order valence-corrected chi connectivity index (χ1v) is 11.8. The standard InChI is InChI=1S/C20H23N5O2S2/c1-3-13-4-5-14-16(10-13)29-20(22-14)25-8-6-24(7-9-25)19(27)15-11-18(26)23-17(21-15)12-28-2/h4-5,10-11H,3,6-9,12H2,1-2H3,(H,21,23,26). The van der Waals surface area contributed by atoms with Crippen molar-refractivity contribution in [3.63, 3.8) is 0 Å². The maximum atomic E-state index is 12.8. The molecule has 0 saturated carbocycles. The lowest BCUT2D eigenvalue weighted by atomic mass is 10.2. The smallest absolute Gasteiger partial charge is 0.272 e. The molecule has 3 aromatic rings. The van der Waals surface area contributed by atoms with Crippen molar-refractivity contribution in [1.82, 2.24) is 19.9 Å². The van der Waals surface area contributed by atoms with Gasteiger partial charge in [-0.15, -0.1) is 0 Å². The zero-order valence-electron chi connectivity index (χ0n) is 16.5. The molecule has 1 N–H and O–H groups in total. The van der Waals surface area contributed by atoms with Crippen LogP contribution < -0.4 is 10.5 Å². The Balaban J connectivity index is 1.45. The van der Waals surface area contributed by atoms with E-state index >= 15 is 0 Å². The molecule has 1 aliphatic heterocycles. The molecule has 7 nitrogen and oxygen atoms in total. The van der Waals surface area contributed by atoms with Gasteiger partial charge in [-0.3, -0.25) is 9.59 Å². The van der Waals surface area contributed by atoms with Gasteiger partial charge in [0.2, 0.25) is 0 Å². The third-order valence-electron chi connectivity index (χ3n) is 4.98. The number of nitrogens with zero attached hydrogens (tertiary/aromatic N) is 4. The minimum atomic E-state index is -0.285. The molecule has 1 saturated heterocycles. The summed E-state index contributed by atoms with van der Waals surface area (Å²) in [4.78, 5) is 40.5. The van der Waals surface area contributed by atoms with Crippen molar-refractivity contribution in [2.75, 3.05) is 37.3 Å².